The van der Waals surface area contributed by atoms with Crippen LogP contribution in [0.2, 0.25) is 0 Å². The predicted molar refractivity (Wildman–Crippen MR) is 73.5 cm³/mol. The summed E-state index contributed by atoms with van der Waals surface area (Å²) in [5.74, 6) is 4.32. The van der Waals surface area contributed by atoms with Crippen LogP contribution in [0.15, 0.2) is 6.07 Å². The highest BCUT2D eigenvalue weighted by Crippen LogP contribution is 2.39. The van der Waals surface area contributed by atoms with Crippen molar-refractivity contribution in [2.24, 2.45) is 11.8 Å². The molecule has 1 saturated carbocycles. The monoisotopic (exact) mass is 246 g/mol. The molecule has 18 heavy (non-hydrogen) atoms. The van der Waals surface area contributed by atoms with Crippen LogP contribution in [-0.4, -0.2) is 23.1 Å². The minimum Gasteiger partial charge on any atom is -0.384 e. The Morgan fingerprint density at radius 3 is 2.67 bits per heavy atom. The first-order chi connectivity index (χ1) is 8.76. The van der Waals surface area contributed by atoms with Crippen molar-refractivity contribution in [3.63, 3.8) is 0 Å². The molecule has 2 heterocycles. The first-order valence-electron chi connectivity index (χ1n) is 7.14. The van der Waals surface area contributed by atoms with Crippen molar-refractivity contribution in [2.45, 2.75) is 39.0 Å². The number of hydrogen-bond donors (Lipinski definition) is 1. The molecular formula is C14H22N4. The number of nitrogens with two attached hydrogens (primary N) is 1. The largest absolute Gasteiger partial charge is 0.384 e. The summed E-state index contributed by atoms with van der Waals surface area (Å²) in [7, 11) is 0. The summed E-state index contributed by atoms with van der Waals surface area (Å²) in [6.07, 6.45) is 6.18. The Morgan fingerprint density at radius 1 is 1.28 bits per heavy atom. The molecule has 0 bridgehead atoms. The molecule has 2 N–H and O–H groups in total. The highest BCUT2D eigenvalue weighted by Gasteiger charge is 2.36. The Hall–Kier alpha value is -1.32. The smallest absolute Gasteiger partial charge is 0.134 e. The molecule has 4 nitrogen and oxygen atoms in total. The van der Waals surface area contributed by atoms with Crippen molar-refractivity contribution in [1.29, 1.82) is 0 Å². The van der Waals surface area contributed by atoms with Crippen molar-refractivity contribution in [2.75, 3.05) is 23.7 Å². The Labute approximate surface area is 109 Å². The van der Waals surface area contributed by atoms with E-state index in [1.54, 1.807) is 0 Å². The molecule has 0 amide bonds. The minimum absolute atomic E-state index is 0.612. The number of hydrogen-bond acceptors (Lipinski definition) is 4. The predicted octanol–water partition coefficient (Wildman–Crippen LogP) is 2.25. The van der Waals surface area contributed by atoms with Crippen LogP contribution in [0, 0.1) is 11.8 Å². The first kappa shape index (κ1) is 11.8. The molecule has 0 spiro atoms. The van der Waals surface area contributed by atoms with Gasteiger partial charge in [-0.05, 0) is 31.1 Å². The fraction of sp³-hybridized carbons (Fsp3) is 0.714. The van der Waals surface area contributed by atoms with Gasteiger partial charge in [-0.3, -0.25) is 0 Å². The molecule has 0 aromatic carbocycles. The maximum absolute atomic E-state index is 5.90. The van der Waals surface area contributed by atoms with Crippen LogP contribution in [0.25, 0.3) is 0 Å². The maximum Gasteiger partial charge on any atom is 0.134 e. The van der Waals surface area contributed by atoms with Crippen LogP contribution in [0.3, 0.4) is 0 Å². The second-order valence-electron chi connectivity index (χ2n) is 5.67. The fourth-order valence-corrected chi connectivity index (χ4v) is 3.42. The summed E-state index contributed by atoms with van der Waals surface area (Å²) in [5.41, 5.74) is 5.90. The van der Waals surface area contributed by atoms with Crippen molar-refractivity contribution in [3.05, 3.63) is 11.9 Å². The van der Waals surface area contributed by atoms with E-state index >= 15 is 0 Å². The molecule has 1 aromatic heterocycles. The average Bonchev–Trinajstić information content (AvgIpc) is 2.88. The number of aryl methyl sites for hydroxylation is 1. The molecule has 1 saturated heterocycles. The fourth-order valence-electron chi connectivity index (χ4n) is 3.42. The molecule has 0 radical (unpaired) electrons. The molecule has 98 valence electrons. The van der Waals surface area contributed by atoms with Gasteiger partial charge in [0.25, 0.3) is 0 Å². The minimum atomic E-state index is 0.612. The lowest BCUT2D eigenvalue weighted by atomic mass is 10.0. The van der Waals surface area contributed by atoms with Gasteiger partial charge >= 0.3 is 0 Å². The lowest BCUT2D eigenvalue weighted by Crippen LogP contribution is -2.22. The van der Waals surface area contributed by atoms with Crippen LogP contribution in [0.1, 0.15) is 38.4 Å². The van der Waals surface area contributed by atoms with Crippen LogP contribution < -0.4 is 10.6 Å². The van der Waals surface area contributed by atoms with Gasteiger partial charge in [-0.25, -0.2) is 9.97 Å². The van der Waals surface area contributed by atoms with E-state index in [9.17, 15) is 0 Å². The van der Waals surface area contributed by atoms with Crippen LogP contribution in [0.5, 0.6) is 0 Å². The van der Waals surface area contributed by atoms with Crippen molar-refractivity contribution in [1.82, 2.24) is 9.97 Å². The third-order valence-electron chi connectivity index (χ3n) is 4.30. The van der Waals surface area contributed by atoms with Gasteiger partial charge in [0.05, 0.1) is 0 Å². The molecular weight excluding hydrogens is 224 g/mol. The van der Waals surface area contributed by atoms with Gasteiger partial charge in [0.1, 0.15) is 17.5 Å². The Bertz CT molecular complexity index is 420. The van der Waals surface area contributed by atoms with E-state index in [0.717, 1.165) is 49.4 Å². The van der Waals surface area contributed by atoms with Crippen LogP contribution in [0.4, 0.5) is 11.6 Å². The summed E-state index contributed by atoms with van der Waals surface area (Å²) >= 11 is 0. The summed E-state index contributed by atoms with van der Waals surface area (Å²) < 4.78 is 0. The van der Waals surface area contributed by atoms with E-state index < -0.39 is 0 Å². The Morgan fingerprint density at radius 2 is 2.00 bits per heavy atom. The molecule has 2 atom stereocenters. The summed E-state index contributed by atoms with van der Waals surface area (Å²) in [6, 6.07) is 1.93. The molecule has 1 aliphatic heterocycles. The van der Waals surface area contributed by atoms with E-state index in [2.05, 4.69) is 21.8 Å². The highest BCUT2D eigenvalue weighted by atomic mass is 15.2. The standard InChI is InChI=1S/C14H22N4/c1-2-4-13-16-12(15)7-14(17-13)18-8-10-5-3-6-11(10)9-18/h7,10-11H,2-6,8-9H2,1H3,(H2,15,16,17). The first-order valence-corrected chi connectivity index (χ1v) is 7.14. The highest BCUT2D eigenvalue weighted by molar-refractivity contribution is 5.48. The number of fused-ring (bicyclic) bond motifs is 1. The lowest BCUT2D eigenvalue weighted by Gasteiger charge is -2.19. The van der Waals surface area contributed by atoms with E-state index in [1.165, 1.54) is 19.3 Å². The Kier molecular flexibility index (Phi) is 3.10. The third-order valence-corrected chi connectivity index (χ3v) is 4.30. The molecule has 2 aliphatic rings. The number of nitrogens with zero attached hydrogens (tertiary/aromatic N) is 3. The van der Waals surface area contributed by atoms with E-state index in [-0.39, 0.29) is 0 Å². The van der Waals surface area contributed by atoms with Gasteiger partial charge in [0, 0.05) is 25.6 Å². The van der Waals surface area contributed by atoms with E-state index in [1.807, 2.05) is 6.07 Å². The van der Waals surface area contributed by atoms with Gasteiger partial charge in [-0.15, -0.1) is 0 Å². The van der Waals surface area contributed by atoms with Gasteiger partial charge in [0.2, 0.25) is 0 Å². The van der Waals surface area contributed by atoms with Gasteiger partial charge in [0.15, 0.2) is 0 Å². The zero-order valence-corrected chi connectivity index (χ0v) is 11.1. The molecule has 1 aromatic rings. The van der Waals surface area contributed by atoms with Crippen LogP contribution in [-0.2, 0) is 6.42 Å². The Balaban J connectivity index is 1.79. The van der Waals surface area contributed by atoms with Gasteiger partial charge in [-0.2, -0.15) is 0 Å². The zero-order valence-electron chi connectivity index (χ0n) is 11.1. The normalized spacial score (nSPS) is 26.6. The molecule has 1 aliphatic carbocycles. The second-order valence-corrected chi connectivity index (χ2v) is 5.67. The quantitative estimate of drug-likeness (QED) is 0.888. The molecule has 2 unspecified atom stereocenters. The number of aromatic nitrogens is 2. The molecule has 3 rings (SSSR count). The van der Waals surface area contributed by atoms with Crippen LogP contribution >= 0.6 is 0 Å². The maximum atomic E-state index is 5.90. The SMILES string of the molecule is CCCc1nc(N)cc(N2CC3CCCC3C2)n1. The number of nitrogen functional groups attached to an aromatic ring is 1. The average molecular weight is 246 g/mol. The zero-order chi connectivity index (χ0) is 12.5. The van der Waals surface area contributed by atoms with E-state index in [0.29, 0.717) is 5.82 Å². The third kappa shape index (κ3) is 2.16. The number of rotatable bonds is 3. The lowest BCUT2D eigenvalue weighted by molar-refractivity contribution is 0.494. The van der Waals surface area contributed by atoms with Crippen molar-refractivity contribution in [3.8, 4) is 0 Å². The van der Waals surface area contributed by atoms with Gasteiger partial charge < -0.3 is 10.6 Å². The molecule has 4 heteroatoms. The summed E-state index contributed by atoms with van der Waals surface area (Å²) in [6.45, 7) is 4.46. The topological polar surface area (TPSA) is 55.0 Å². The van der Waals surface area contributed by atoms with Crippen molar-refractivity contribution < 1.29 is 0 Å². The van der Waals surface area contributed by atoms with E-state index in [4.69, 9.17) is 5.73 Å². The number of anilines is 2. The second kappa shape index (κ2) is 4.75. The summed E-state index contributed by atoms with van der Waals surface area (Å²) in [4.78, 5) is 11.4. The van der Waals surface area contributed by atoms with Gasteiger partial charge in [-0.1, -0.05) is 13.3 Å². The summed E-state index contributed by atoms with van der Waals surface area (Å²) in [5, 5.41) is 0. The van der Waals surface area contributed by atoms with Crippen molar-refractivity contribution >= 4 is 11.6 Å². The molecule has 2 fully saturated rings.